The topological polar surface area (TPSA) is 59.4 Å². The van der Waals surface area contributed by atoms with E-state index >= 15 is 0 Å². The second-order valence-electron chi connectivity index (χ2n) is 7.56. The van der Waals surface area contributed by atoms with Crippen LogP contribution < -0.4 is 5.32 Å². The van der Waals surface area contributed by atoms with Gasteiger partial charge in [0.2, 0.25) is 0 Å². The highest BCUT2D eigenvalue weighted by atomic mass is 16.5. The number of carbonyl (C=O) groups excluding carboxylic acids is 1. The smallest absolute Gasteiger partial charge is 0.318 e. The van der Waals surface area contributed by atoms with Crippen molar-refractivity contribution in [1.29, 1.82) is 0 Å². The number of piperidine rings is 1. The Labute approximate surface area is 149 Å². The molecule has 6 nitrogen and oxygen atoms in total. The number of likely N-dealkylation sites (tertiary alicyclic amines) is 1. The summed E-state index contributed by atoms with van der Waals surface area (Å²) in [6.07, 6.45) is 8.90. The van der Waals surface area contributed by atoms with E-state index in [1.807, 2.05) is 4.90 Å². The maximum atomic E-state index is 12.9. The number of aryl methyl sites for hydroxylation is 1. The van der Waals surface area contributed by atoms with Gasteiger partial charge in [-0.1, -0.05) is 12.8 Å². The predicted octanol–water partition coefficient (Wildman–Crippen LogP) is 3.15. The minimum Gasteiger partial charge on any atom is -0.376 e. The molecular weight excluding hydrogens is 316 g/mol. The molecule has 1 aromatic rings. The lowest BCUT2D eigenvalue weighted by atomic mass is 9.95. The van der Waals surface area contributed by atoms with Gasteiger partial charge in [0.15, 0.2) is 0 Å². The van der Waals surface area contributed by atoms with Crippen molar-refractivity contribution >= 4 is 6.03 Å². The van der Waals surface area contributed by atoms with Gasteiger partial charge in [0.1, 0.15) is 0 Å². The van der Waals surface area contributed by atoms with Crippen molar-refractivity contribution in [3.63, 3.8) is 0 Å². The zero-order valence-corrected chi connectivity index (χ0v) is 15.3. The summed E-state index contributed by atoms with van der Waals surface area (Å²) in [6, 6.07) is 0.562. The van der Waals surface area contributed by atoms with Crippen LogP contribution in [0.1, 0.15) is 74.9 Å². The summed E-state index contributed by atoms with van der Waals surface area (Å²) in [5.41, 5.74) is 3.63. The Morgan fingerprint density at radius 1 is 1.24 bits per heavy atom. The van der Waals surface area contributed by atoms with Crippen molar-refractivity contribution in [3.05, 3.63) is 17.0 Å². The number of amides is 2. The molecule has 6 heteroatoms. The fourth-order valence-electron chi connectivity index (χ4n) is 4.65. The van der Waals surface area contributed by atoms with Gasteiger partial charge in [0, 0.05) is 36.8 Å². The molecule has 4 rings (SSSR count). The molecule has 3 aliphatic rings. The molecule has 1 N–H and O–H groups in total. The van der Waals surface area contributed by atoms with Gasteiger partial charge in [-0.15, -0.1) is 0 Å². The van der Waals surface area contributed by atoms with Crippen LogP contribution in [0.5, 0.6) is 0 Å². The number of rotatable bonds is 3. The van der Waals surface area contributed by atoms with E-state index in [-0.39, 0.29) is 12.1 Å². The van der Waals surface area contributed by atoms with E-state index in [0.29, 0.717) is 12.6 Å². The first-order valence-corrected chi connectivity index (χ1v) is 10.0. The first kappa shape index (κ1) is 16.9. The molecule has 1 saturated heterocycles. The van der Waals surface area contributed by atoms with Crippen LogP contribution in [0, 0.1) is 0 Å². The number of hydrogen-bond donors (Lipinski definition) is 1. The predicted molar refractivity (Wildman–Crippen MR) is 95.3 cm³/mol. The average Bonchev–Trinajstić information content (AvgIpc) is 3.29. The molecule has 1 aromatic heterocycles. The zero-order chi connectivity index (χ0) is 17.2. The van der Waals surface area contributed by atoms with Crippen molar-refractivity contribution in [3.8, 4) is 0 Å². The van der Waals surface area contributed by atoms with Crippen LogP contribution in [-0.2, 0) is 24.3 Å². The van der Waals surface area contributed by atoms with Crippen molar-refractivity contribution < 1.29 is 9.53 Å². The summed E-state index contributed by atoms with van der Waals surface area (Å²) in [5.74, 6) is 0. The number of hydrogen-bond acceptors (Lipinski definition) is 3. The van der Waals surface area contributed by atoms with Gasteiger partial charge in [-0.3, -0.25) is 4.68 Å². The number of aromatic nitrogens is 2. The van der Waals surface area contributed by atoms with E-state index in [4.69, 9.17) is 9.84 Å². The summed E-state index contributed by atoms with van der Waals surface area (Å²) in [7, 11) is 0. The number of urea groups is 1. The Kier molecular flexibility index (Phi) is 4.97. The lowest BCUT2D eigenvalue weighted by Gasteiger charge is -2.36. The molecule has 0 radical (unpaired) electrons. The molecule has 2 aliphatic heterocycles. The quantitative estimate of drug-likeness (QED) is 0.914. The average molecular weight is 346 g/mol. The van der Waals surface area contributed by atoms with Crippen LogP contribution in [0.25, 0.3) is 0 Å². The Bertz CT molecular complexity index is 621. The second kappa shape index (κ2) is 7.36. The summed E-state index contributed by atoms with van der Waals surface area (Å²) in [5, 5.41) is 8.18. The van der Waals surface area contributed by atoms with E-state index in [1.54, 1.807) is 0 Å². The van der Waals surface area contributed by atoms with Crippen LogP contribution in [0.3, 0.4) is 0 Å². The number of nitrogens with one attached hydrogen (secondary N) is 1. The number of ether oxygens (including phenoxy) is 1. The van der Waals surface area contributed by atoms with E-state index in [9.17, 15) is 4.79 Å². The third-order valence-electron chi connectivity index (χ3n) is 5.99. The van der Waals surface area contributed by atoms with Gasteiger partial charge < -0.3 is 15.0 Å². The Morgan fingerprint density at radius 2 is 2.04 bits per heavy atom. The molecule has 1 atom stereocenters. The van der Waals surface area contributed by atoms with Crippen LogP contribution in [-0.4, -0.2) is 39.9 Å². The number of carbonyl (C=O) groups is 1. The maximum Gasteiger partial charge on any atom is 0.318 e. The van der Waals surface area contributed by atoms with Gasteiger partial charge in [-0.25, -0.2) is 4.79 Å². The molecule has 2 fully saturated rings. The molecule has 138 valence electrons. The van der Waals surface area contributed by atoms with Crippen molar-refractivity contribution in [1.82, 2.24) is 20.0 Å². The van der Waals surface area contributed by atoms with E-state index in [2.05, 4.69) is 16.9 Å². The molecular formula is C19H30N4O2. The van der Waals surface area contributed by atoms with Crippen molar-refractivity contribution in [2.24, 2.45) is 0 Å². The van der Waals surface area contributed by atoms with E-state index < -0.39 is 0 Å². The molecule has 2 amide bonds. The monoisotopic (exact) mass is 346 g/mol. The highest BCUT2D eigenvalue weighted by Crippen LogP contribution is 2.35. The molecule has 0 bridgehead atoms. The fraction of sp³-hybridized carbons (Fsp3) is 0.789. The van der Waals surface area contributed by atoms with E-state index in [0.717, 1.165) is 63.9 Å². The molecule has 1 saturated carbocycles. The first-order valence-electron chi connectivity index (χ1n) is 10.0. The van der Waals surface area contributed by atoms with Gasteiger partial charge >= 0.3 is 6.03 Å². The Morgan fingerprint density at radius 3 is 2.84 bits per heavy atom. The highest BCUT2D eigenvalue weighted by molar-refractivity contribution is 5.75. The highest BCUT2D eigenvalue weighted by Gasteiger charge is 2.34. The Hall–Kier alpha value is -1.56. The van der Waals surface area contributed by atoms with Gasteiger partial charge in [-0.05, 0) is 39.0 Å². The molecule has 1 aliphatic carbocycles. The summed E-state index contributed by atoms with van der Waals surface area (Å²) >= 11 is 0. The summed E-state index contributed by atoms with van der Waals surface area (Å²) in [6.45, 7) is 5.26. The van der Waals surface area contributed by atoms with Crippen LogP contribution >= 0.6 is 0 Å². The normalized spacial score (nSPS) is 24.4. The minimum absolute atomic E-state index is 0.0957. The fourth-order valence-corrected chi connectivity index (χ4v) is 4.65. The van der Waals surface area contributed by atoms with Gasteiger partial charge in [0.05, 0.1) is 24.9 Å². The standard InChI is InChI=1S/C19H30N4O2/c1-2-23-16-10-12-25-13-15(16)18(21-23)17-9-5-6-11-22(17)19(24)20-14-7-3-4-8-14/h14,17H,2-13H2,1H3,(H,20,24). The van der Waals surface area contributed by atoms with Crippen molar-refractivity contribution in [2.75, 3.05) is 13.2 Å². The molecule has 1 unspecified atom stereocenters. The second-order valence-corrected chi connectivity index (χ2v) is 7.56. The Balaban J connectivity index is 1.58. The molecule has 3 heterocycles. The zero-order valence-electron chi connectivity index (χ0n) is 15.3. The van der Waals surface area contributed by atoms with Crippen LogP contribution in [0.4, 0.5) is 4.79 Å². The lowest BCUT2D eigenvalue weighted by molar-refractivity contribution is 0.105. The van der Waals surface area contributed by atoms with Crippen LogP contribution in [0.2, 0.25) is 0 Å². The first-order chi connectivity index (χ1) is 12.3. The van der Waals surface area contributed by atoms with E-state index in [1.165, 1.54) is 24.1 Å². The number of fused-ring (bicyclic) bond motifs is 1. The minimum atomic E-state index is 0.0957. The molecule has 25 heavy (non-hydrogen) atoms. The molecule has 0 aromatic carbocycles. The summed E-state index contributed by atoms with van der Waals surface area (Å²) < 4.78 is 7.84. The summed E-state index contributed by atoms with van der Waals surface area (Å²) in [4.78, 5) is 15.0. The maximum absolute atomic E-state index is 12.9. The number of nitrogens with zero attached hydrogens (tertiary/aromatic N) is 3. The third kappa shape index (κ3) is 3.28. The largest absolute Gasteiger partial charge is 0.376 e. The van der Waals surface area contributed by atoms with Gasteiger partial charge in [-0.2, -0.15) is 5.10 Å². The third-order valence-corrected chi connectivity index (χ3v) is 5.99. The SMILES string of the molecule is CCn1nc(C2CCCCN2C(=O)NC2CCCC2)c2c1CCOC2. The van der Waals surface area contributed by atoms with Crippen molar-refractivity contribution in [2.45, 2.75) is 83.5 Å². The molecule has 0 spiro atoms. The van der Waals surface area contributed by atoms with Crippen LogP contribution in [0.15, 0.2) is 0 Å². The van der Waals surface area contributed by atoms with Gasteiger partial charge in [0.25, 0.3) is 0 Å². The lowest BCUT2D eigenvalue weighted by Crippen LogP contribution is -2.47.